The van der Waals surface area contributed by atoms with Crippen molar-refractivity contribution in [3.63, 3.8) is 0 Å². The Morgan fingerprint density at radius 1 is 0.700 bits per heavy atom. The highest BCUT2D eigenvalue weighted by Gasteiger charge is 2.03. The van der Waals surface area contributed by atoms with E-state index in [-0.39, 0.29) is 12.4 Å². The molecule has 0 atom stereocenters. The molecule has 0 radical (unpaired) electrons. The molecule has 0 aromatic carbocycles. The average molecular weight is 575 g/mol. The van der Waals surface area contributed by atoms with E-state index in [9.17, 15) is 0 Å². The molecule has 2 aromatic rings. The number of nitrogens with zero attached hydrogens (tertiary/aromatic N) is 5. The number of unbranched alkanes of at least 4 members (excludes halogenated alkanes) is 10. The van der Waals surface area contributed by atoms with E-state index >= 15 is 0 Å². The van der Waals surface area contributed by atoms with Crippen LogP contribution in [0.5, 0.6) is 0 Å². The third-order valence-corrected chi connectivity index (χ3v) is 6.97. The Labute approximate surface area is 249 Å². The summed E-state index contributed by atoms with van der Waals surface area (Å²) in [6.45, 7) is 5.19. The van der Waals surface area contributed by atoms with E-state index in [2.05, 4.69) is 50.2 Å². The van der Waals surface area contributed by atoms with Gasteiger partial charge in [-0.3, -0.25) is 4.98 Å². The molecule has 0 saturated heterocycles. The van der Waals surface area contributed by atoms with Crippen molar-refractivity contribution in [3.05, 3.63) is 70.6 Å². The normalized spacial score (nSPS) is 10.7. The van der Waals surface area contributed by atoms with Crippen LogP contribution in [0.1, 0.15) is 101 Å². The van der Waals surface area contributed by atoms with E-state index in [1.165, 1.54) is 68.9 Å². The molecule has 0 saturated carbocycles. The van der Waals surface area contributed by atoms with Crippen LogP contribution in [0, 0.1) is 0 Å². The minimum absolute atomic E-state index is 0. The Morgan fingerprint density at radius 2 is 1.27 bits per heavy atom. The number of ether oxygens (including phenoxy) is 2. The molecule has 2 heterocycles. The quantitative estimate of drug-likeness (QED) is 0.0372. The van der Waals surface area contributed by atoms with Gasteiger partial charge < -0.3 is 9.47 Å². The van der Waals surface area contributed by atoms with Crippen LogP contribution in [0.3, 0.4) is 0 Å². The number of rotatable bonds is 26. The van der Waals surface area contributed by atoms with Gasteiger partial charge in [0.05, 0.1) is 0 Å². The molecular weight excluding hydrogens is 522 g/mol. The summed E-state index contributed by atoms with van der Waals surface area (Å²) in [7, 11) is 0. The number of azide groups is 1. The van der Waals surface area contributed by atoms with Gasteiger partial charge in [-0.25, -0.2) is 4.57 Å². The Hall–Kier alpha value is -2.18. The van der Waals surface area contributed by atoms with Crippen molar-refractivity contribution in [2.45, 2.75) is 109 Å². The van der Waals surface area contributed by atoms with Gasteiger partial charge in [0.15, 0.2) is 12.4 Å². The van der Waals surface area contributed by atoms with Crippen molar-refractivity contribution >= 4 is 12.4 Å². The molecule has 40 heavy (non-hydrogen) atoms. The first kappa shape index (κ1) is 35.8. The summed E-state index contributed by atoms with van der Waals surface area (Å²) in [5.41, 5.74) is 11.0. The van der Waals surface area contributed by atoms with Crippen LogP contribution in [-0.4, -0.2) is 38.0 Å². The summed E-state index contributed by atoms with van der Waals surface area (Å²) in [6, 6.07) is 8.54. The van der Waals surface area contributed by atoms with Gasteiger partial charge in [-0.15, -0.1) is 12.4 Å². The van der Waals surface area contributed by atoms with Crippen LogP contribution >= 0.6 is 12.4 Å². The number of hydrogen-bond acceptors (Lipinski definition) is 4. The van der Waals surface area contributed by atoms with Crippen molar-refractivity contribution in [2.75, 3.05) is 33.0 Å². The third-order valence-electron chi connectivity index (χ3n) is 6.97. The Bertz CT molecular complexity index is 881. The summed E-state index contributed by atoms with van der Waals surface area (Å²) >= 11 is 0. The molecule has 0 amide bonds. The predicted molar refractivity (Wildman–Crippen MR) is 166 cm³/mol. The molecule has 0 aliphatic rings. The van der Waals surface area contributed by atoms with Crippen molar-refractivity contribution in [2.24, 2.45) is 5.11 Å². The van der Waals surface area contributed by atoms with Gasteiger partial charge in [-0.1, -0.05) is 56.1 Å². The second-order valence-corrected chi connectivity index (χ2v) is 10.4. The lowest BCUT2D eigenvalue weighted by Gasteiger charge is -2.05. The number of aryl methyl sites for hydroxylation is 3. The van der Waals surface area contributed by atoms with Crippen LogP contribution in [0.4, 0.5) is 0 Å². The first-order valence-corrected chi connectivity index (χ1v) is 15.4. The highest BCUT2D eigenvalue weighted by molar-refractivity contribution is 5.85. The Morgan fingerprint density at radius 3 is 1.93 bits per heavy atom. The van der Waals surface area contributed by atoms with Gasteiger partial charge in [-0.2, -0.15) is 0 Å². The van der Waals surface area contributed by atoms with Gasteiger partial charge in [0.1, 0.15) is 6.54 Å². The van der Waals surface area contributed by atoms with Crippen LogP contribution in [0.25, 0.3) is 10.4 Å². The number of pyridine rings is 2. The van der Waals surface area contributed by atoms with E-state index in [1.54, 1.807) is 0 Å². The molecule has 2 rings (SSSR count). The van der Waals surface area contributed by atoms with Gasteiger partial charge in [0.2, 0.25) is 0 Å². The van der Waals surface area contributed by atoms with Gasteiger partial charge in [0.25, 0.3) is 0 Å². The second kappa shape index (κ2) is 27.0. The monoisotopic (exact) mass is 574 g/mol. The molecule has 0 unspecified atom stereocenters. The summed E-state index contributed by atoms with van der Waals surface area (Å²) in [6.07, 6.45) is 27.2. The summed E-state index contributed by atoms with van der Waals surface area (Å²) in [4.78, 5) is 6.94. The van der Waals surface area contributed by atoms with Crippen LogP contribution < -0.4 is 4.57 Å². The van der Waals surface area contributed by atoms with Crippen molar-refractivity contribution < 1.29 is 14.0 Å². The molecule has 224 valence electrons. The number of hydrogen-bond donors (Lipinski definition) is 0. The van der Waals surface area contributed by atoms with Crippen LogP contribution in [0.15, 0.2) is 54.2 Å². The minimum Gasteiger partial charge on any atom is -0.381 e. The lowest BCUT2D eigenvalue weighted by Crippen LogP contribution is -2.33. The van der Waals surface area contributed by atoms with Gasteiger partial charge >= 0.3 is 0 Å². The third kappa shape index (κ3) is 20.7. The fourth-order valence-electron chi connectivity index (χ4n) is 4.71. The molecule has 2 aromatic heterocycles. The standard InChI is InChI=1S/C32H52N5O2.ClH/c33-36-35-22-9-5-1-3-7-11-26-39-28-16-20-32-18-14-24-37(30-32)23-10-6-2-4-8-12-25-38-27-15-19-31-17-13-21-34-29-31;/h13-14,17-18,21,24,29-30H,1-12,15-16,19-20,22-23,25-28H2;1H/q+1;. The van der Waals surface area contributed by atoms with E-state index in [0.717, 1.165) is 77.9 Å². The highest BCUT2D eigenvalue weighted by atomic mass is 35.5. The number of halogens is 1. The molecular formula is C32H53ClN5O2+. The maximum Gasteiger partial charge on any atom is 0.171 e. The molecule has 0 aliphatic carbocycles. The minimum atomic E-state index is 0. The molecule has 7 nitrogen and oxygen atoms in total. The molecule has 0 spiro atoms. The molecule has 8 heteroatoms. The van der Waals surface area contributed by atoms with Gasteiger partial charge in [0, 0.05) is 68.3 Å². The van der Waals surface area contributed by atoms with E-state index in [0.29, 0.717) is 6.54 Å². The highest BCUT2D eigenvalue weighted by Crippen LogP contribution is 2.08. The summed E-state index contributed by atoms with van der Waals surface area (Å²) in [5, 5.41) is 3.57. The average Bonchev–Trinajstić information content (AvgIpc) is 2.97. The fourth-order valence-corrected chi connectivity index (χ4v) is 4.71. The summed E-state index contributed by atoms with van der Waals surface area (Å²) in [5.74, 6) is 0. The first-order chi connectivity index (χ1) is 19.4. The van der Waals surface area contributed by atoms with Gasteiger partial charge in [-0.05, 0) is 74.6 Å². The number of aromatic nitrogens is 2. The summed E-state index contributed by atoms with van der Waals surface area (Å²) < 4.78 is 14.0. The van der Waals surface area contributed by atoms with Crippen LogP contribution in [-0.2, 0) is 28.9 Å². The maximum atomic E-state index is 8.25. The first-order valence-electron chi connectivity index (χ1n) is 15.4. The molecule has 0 bridgehead atoms. The zero-order valence-corrected chi connectivity index (χ0v) is 25.5. The zero-order valence-electron chi connectivity index (χ0n) is 24.6. The van der Waals surface area contributed by atoms with E-state index < -0.39 is 0 Å². The lowest BCUT2D eigenvalue weighted by atomic mass is 10.1. The SMILES string of the molecule is Cl.[N-]=[N+]=NCCCCCCCCOCCCc1ccc[n+](CCCCCCCCOCCCc2cccnc2)c1. The van der Waals surface area contributed by atoms with Crippen molar-refractivity contribution in [3.8, 4) is 0 Å². The molecule has 0 fully saturated rings. The van der Waals surface area contributed by atoms with Crippen molar-refractivity contribution in [1.82, 2.24) is 4.98 Å². The largest absolute Gasteiger partial charge is 0.381 e. The lowest BCUT2D eigenvalue weighted by molar-refractivity contribution is -0.697. The topological polar surface area (TPSA) is 84.0 Å². The Kier molecular flexibility index (Phi) is 24.2. The van der Waals surface area contributed by atoms with E-state index in [4.69, 9.17) is 15.0 Å². The molecule has 0 N–H and O–H groups in total. The smallest absolute Gasteiger partial charge is 0.171 e. The molecule has 0 aliphatic heterocycles. The maximum absolute atomic E-state index is 8.25. The predicted octanol–water partition coefficient (Wildman–Crippen LogP) is 8.38. The Balaban J connectivity index is 0.00000800. The van der Waals surface area contributed by atoms with E-state index in [1.807, 2.05) is 18.5 Å². The zero-order chi connectivity index (χ0) is 27.5. The van der Waals surface area contributed by atoms with Crippen LogP contribution in [0.2, 0.25) is 0 Å². The van der Waals surface area contributed by atoms with Crippen molar-refractivity contribution in [1.29, 1.82) is 0 Å². The second-order valence-electron chi connectivity index (χ2n) is 10.4. The fraction of sp³-hybridized carbons (Fsp3) is 0.688.